The van der Waals surface area contributed by atoms with Gasteiger partial charge in [-0.3, -0.25) is 0 Å². The van der Waals surface area contributed by atoms with Crippen LogP contribution in [0.2, 0.25) is 0 Å². The highest BCUT2D eigenvalue weighted by Crippen LogP contribution is 2.31. The van der Waals surface area contributed by atoms with Gasteiger partial charge >= 0.3 is 0 Å². The molecule has 150 valence electrons. The molecule has 3 rings (SSSR count). The summed E-state index contributed by atoms with van der Waals surface area (Å²) in [6.07, 6.45) is 2.20. The molecule has 2 aromatic heterocycles. The molecule has 29 heavy (non-hydrogen) atoms. The second kappa shape index (κ2) is 9.19. The Morgan fingerprint density at radius 3 is 2.48 bits per heavy atom. The molecule has 3 aromatic rings. The van der Waals surface area contributed by atoms with Gasteiger partial charge in [0.2, 0.25) is 0 Å². The maximum atomic E-state index is 13.1. The van der Waals surface area contributed by atoms with Gasteiger partial charge in [-0.25, -0.2) is 14.4 Å². The molecular weight excluding hydrogens is 365 g/mol. The standard InChI is InChI=1S/C23H26FN5/c1-5-15-28(3)21-13-12-20(18-9-7-6-8-10-18)27-23(21)29(4)17(2)26-22-14-11-19(24)16-25-22/h6-14,16H,2,5,15H2,1,3-4H3,(H,25,26). The number of rotatable bonds is 8. The third-order valence-corrected chi connectivity index (χ3v) is 4.62. The third-order valence-electron chi connectivity index (χ3n) is 4.62. The van der Waals surface area contributed by atoms with E-state index in [4.69, 9.17) is 4.98 Å². The molecule has 6 heteroatoms. The highest BCUT2D eigenvalue weighted by Gasteiger charge is 2.17. The van der Waals surface area contributed by atoms with Crippen molar-refractivity contribution in [2.45, 2.75) is 13.3 Å². The first kappa shape index (κ1) is 20.3. The smallest absolute Gasteiger partial charge is 0.158 e. The summed E-state index contributed by atoms with van der Waals surface area (Å²) in [5.41, 5.74) is 2.93. The Morgan fingerprint density at radius 2 is 1.83 bits per heavy atom. The van der Waals surface area contributed by atoms with Gasteiger partial charge in [0.25, 0.3) is 0 Å². The van der Waals surface area contributed by atoms with Gasteiger partial charge in [-0.2, -0.15) is 0 Å². The Kier molecular flexibility index (Phi) is 6.44. The third kappa shape index (κ3) is 4.90. The maximum Gasteiger partial charge on any atom is 0.158 e. The predicted molar refractivity (Wildman–Crippen MR) is 119 cm³/mol. The van der Waals surface area contributed by atoms with E-state index in [1.165, 1.54) is 12.3 Å². The summed E-state index contributed by atoms with van der Waals surface area (Å²) < 4.78 is 13.1. The van der Waals surface area contributed by atoms with Gasteiger partial charge in [0.05, 0.1) is 17.6 Å². The Morgan fingerprint density at radius 1 is 1.07 bits per heavy atom. The van der Waals surface area contributed by atoms with E-state index in [1.807, 2.05) is 48.3 Å². The summed E-state index contributed by atoms with van der Waals surface area (Å²) in [5, 5.41) is 3.12. The molecule has 1 N–H and O–H groups in total. The van der Waals surface area contributed by atoms with Crippen LogP contribution < -0.4 is 15.1 Å². The van der Waals surface area contributed by atoms with E-state index in [-0.39, 0.29) is 5.82 Å². The summed E-state index contributed by atoms with van der Waals surface area (Å²) in [6.45, 7) is 7.17. The number of nitrogens with zero attached hydrogens (tertiary/aromatic N) is 4. The molecule has 0 radical (unpaired) electrons. The van der Waals surface area contributed by atoms with Gasteiger partial charge in [-0.05, 0) is 30.7 Å². The molecule has 1 aromatic carbocycles. The monoisotopic (exact) mass is 391 g/mol. The zero-order valence-corrected chi connectivity index (χ0v) is 17.1. The molecule has 0 spiro atoms. The van der Waals surface area contributed by atoms with E-state index < -0.39 is 0 Å². The highest BCUT2D eigenvalue weighted by molar-refractivity contribution is 5.74. The van der Waals surface area contributed by atoms with Crippen LogP contribution >= 0.6 is 0 Å². The zero-order chi connectivity index (χ0) is 20.8. The lowest BCUT2D eigenvalue weighted by atomic mass is 10.1. The second-order valence-electron chi connectivity index (χ2n) is 6.82. The lowest BCUT2D eigenvalue weighted by Gasteiger charge is -2.28. The van der Waals surface area contributed by atoms with Crippen LogP contribution in [0.3, 0.4) is 0 Å². The SMILES string of the molecule is C=C(Nc1ccc(F)cn1)N(C)c1nc(-c2ccccc2)ccc1N(C)CCC. The minimum absolute atomic E-state index is 0.379. The molecule has 2 heterocycles. The van der Waals surface area contributed by atoms with Crippen molar-refractivity contribution >= 4 is 17.3 Å². The molecule has 0 saturated carbocycles. The molecule has 0 fully saturated rings. The zero-order valence-electron chi connectivity index (χ0n) is 17.1. The summed E-state index contributed by atoms with van der Waals surface area (Å²) in [7, 11) is 3.96. The molecule has 0 aliphatic rings. The second-order valence-corrected chi connectivity index (χ2v) is 6.82. The number of hydrogen-bond donors (Lipinski definition) is 1. The van der Waals surface area contributed by atoms with Crippen molar-refractivity contribution < 1.29 is 4.39 Å². The van der Waals surface area contributed by atoms with E-state index >= 15 is 0 Å². The topological polar surface area (TPSA) is 44.3 Å². The molecule has 0 atom stereocenters. The number of pyridine rings is 2. The average molecular weight is 391 g/mol. The van der Waals surface area contributed by atoms with Crippen molar-refractivity contribution in [1.29, 1.82) is 0 Å². The van der Waals surface area contributed by atoms with E-state index in [0.717, 1.165) is 35.7 Å². The molecule has 0 unspecified atom stereocenters. The number of hydrogen-bond acceptors (Lipinski definition) is 5. The molecule has 0 saturated heterocycles. The highest BCUT2D eigenvalue weighted by atomic mass is 19.1. The lowest BCUT2D eigenvalue weighted by Crippen LogP contribution is -2.27. The van der Waals surface area contributed by atoms with Crippen LogP contribution in [0.25, 0.3) is 11.3 Å². The van der Waals surface area contributed by atoms with Crippen LogP contribution in [-0.4, -0.2) is 30.6 Å². The number of halogens is 1. The lowest BCUT2D eigenvalue weighted by molar-refractivity contribution is 0.622. The quantitative estimate of drug-likeness (QED) is 0.575. The van der Waals surface area contributed by atoms with Crippen molar-refractivity contribution in [2.24, 2.45) is 0 Å². The maximum absolute atomic E-state index is 13.1. The summed E-state index contributed by atoms with van der Waals surface area (Å²) in [5.74, 6) is 1.51. The van der Waals surface area contributed by atoms with Crippen LogP contribution in [-0.2, 0) is 0 Å². The number of nitrogens with one attached hydrogen (secondary N) is 1. The Bertz CT molecular complexity index is 957. The van der Waals surface area contributed by atoms with Crippen LogP contribution in [0.15, 0.2) is 73.2 Å². The van der Waals surface area contributed by atoms with Crippen molar-refractivity contribution in [3.8, 4) is 11.3 Å². The predicted octanol–water partition coefficient (Wildman–Crippen LogP) is 5.15. The first-order valence-electron chi connectivity index (χ1n) is 9.58. The minimum atomic E-state index is -0.379. The van der Waals surface area contributed by atoms with Gasteiger partial charge in [-0.15, -0.1) is 0 Å². The Hall–Kier alpha value is -3.41. The van der Waals surface area contributed by atoms with E-state index in [1.54, 1.807) is 6.07 Å². The van der Waals surface area contributed by atoms with Crippen LogP contribution in [0, 0.1) is 5.82 Å². The van der Waals surface area contributed by atoms with Crippen LogP contribution in [0.5, 0.6) is 0 Å². The van der Waals surface area contributed by atoms with Crippen molar-refractivity contribution in [1.82, 2.24) is 9.97 Å². The molecule has 0 aliphatic heterocycles. The number of anilines is 3. The van der Waals surface area contributed by atoms with Crippen LogP contribution in [0.4, 0.5) is 21.7 Å². The summed E-state index contributed by atoms with van der Waals surface area (Å²) >= 11 is 0. The van der Waals surface area contributed by atoms with Crippen molar-refractivity contribution in [2.75, 3.05) is 35.8 Å². The Balaban J connectivity index is 1.94. The largest absolute Gasteiger partial charge is 0.372 e. The molecular formula is C23H26FN5. The van der Waals surface area contributed by atoms with Crippen LogP contribution in [0.1, 0.15) is 13.3 Å². The first-order chi connectivity index (χ1) is 14.0. The van der Waals surface area contributed by atoms with Crippen molar-refractivity contribution in [3.05, 3.63) is 79.0 Å². The Labute approximate surface area is 171 Å². The van der Waals surface area contributed by atoms with Gasteiger partial charge in [0, 0.05) is 26.2 Å². The normalized spacial score (nSPS) is 10.5. The average Bonchev–Trinajstić information content (AvgIpc) is 2.75. The molecule has 5 nitrogen and oxygen atoms in total. The molecule has 0 aliphatic carbocycles. The summed E-state index contributed by atoms with van der Waals surface area (Å²) in [6, 6.07) is 17.1. The van der Waals surface area contributed by atoms with Gasteiger partial charge in [-0.1, -0.05) is 43.8 Å². The molecule has 0 bridgehead atoms. The van der Waals surface area contributed by atoms with E-state index in [9.17, 15) is 4.39 Å². The fraction of sp³-hybridized carbons (Fsp3) is 0.217. The van der Waals surface area contributed by atoms with Gasteiger partial charge in [0.15, 0.2) is 5.82 Å². The van der Waals surface area contributed by atoms with Gasteiger partial charge < -0.3 is 15.1 Å². The molecule has 0 amide bonds. The van der Waals surface area contributed by atoms with E-state index in [2.05, 4.69) is 41.8 Å². The fourth-order valence-electron chi connectivity index (χ4n) is 3.02. The summed E-state index contributed by atoms with van der Waals surface area (Å²) in [4.78, 5) is 13.0. The van der Waals surface area contributed by atoms with Crippen molar-refractivity contribution in [3.63, 3.8) is 0 Å². The minimum Gasteiger partial charge on any atom is -0.372 e. The first-order valence-corrected chi connectivity index (χ1v) is 9.58. The fourth-order valence-corrected chi connectivity index (χ4v) is 3.02. The van der Waals surface area contributed by atoms with E-state index in [0.29, 0.717) is 11.6 Å². The number of benzene rings is 1. The van der Waals surface area contributed by atoms with Gasteiger partial charge in [0.1, 0.15) is 17.5 Å². The number of aromatic nitrogens is 2.